The van der Waals surface area contributed by atoms with Crippen molar-refractivity contribution < 1.29 is 0 Å². The third-order valence-corrected chi connectivity index (χ3v) is 3.63. The Bertz CT molecular complexity index is 519. The van der Waals surface area contributed by atoms with Crippen molar-refractivity contribution >= 4 is 11.8 Å². The van der Waals surface area contributed by atoms with E-state index >= 15 is 0 Å². The molecule has 0 saturated heterocycles. The molecule has 3 rings (SSSR count). The van der Waals surface area contributed by atoms with Gasteiger partial charge in [-0.1, -0.05) is 6.07 Å². The SMILES string of the molecule is CNCc1ccc(Sc2nnnn2C2CC2)nc1. The Labute approximate surface area is 109 Å². The zero-order chi connectivity index (χ0) is 12.4. The Morgan fingerprint density at radius 2 is 2.33 bits per heavy atom. The van der Waals surface area contributed by atoms with Crippen LogP contribution in [0.15, 0.2) is 28.5 Å². The molecule has 1 aliphatic carbocycles. The van der Waals surface area contributed by atoms with Crippen LogP contribution in [0, 0.1) is 0 Å². The van der Waals surface area contributed by atoms with E-state index in [1.54, 1.807) is 0 Å². The van der Waals surface area contributed by atoms with Crippen molar-refractivity contribution in [2.75, 3.05) is 7.05 Å². The zero-order valence-corrected chi connectivity index (χ0v) is 10.9. The number of pyridine rings is 1. The van der Waals surface area contributed by atoms with Crippen molar-refractivity contribution in [3.05, 3.63) is 23.9 Å². The lowest BCUT2D eigenvalue weighted by atomic mass is 10.3. The Hall–Kier alpha value is -1.47. The van der Waals surface area contributed by atoms with E-state index in [4.69, 9.17) is 0 Å². The van der Waals surface area contributed by atoms with Crippen LogP contribution >= 0.6 is 11.8 Å². The van der Waals surface area contributed by atoms with E-state index in [0.717, 1.165) is 16.7 Å². The quantitative estimate of drug-likeness (QED) is 0.875. The summed E-state index contributed by atoms with van der Waals surface area (Å²) in [7, 11) is 1.92. The summed E-state index contributed by atoms with van der Waals surface area (Å²) in [6.45, 7) is 0.831. The van der Waals surface area contributed by atoms with Crippen LogP contribution in [0.3, 0.4) is 0 Å². The lowest BCUT2D eigenvalue weighted by molar-refractivity contribution is 0.565. The largest absolute Gasteiger partial charge is 0.316 e. The van der Waals surface area contributed by atoms with Crippen LogP contribution in [-0.4, -0.2) is 32.2 Å². The number of tetrazole rings is 1. The fourth-order valence-corrected chi connectivity index (χ4v) is 2.46. The minimum absolute atomic E-state index is 0.492. The second-order valence-corrected chi connectivity index (χ2v) is 5.26. The number of nitrogens with one attached hydrogen (secondary N) is 1. The van der Waals surface area contributed by atoms with Crippen LogP contribution in [-0.2, 0) is 6.54 Å². The van der Waals surface area contributed by atoms with Gasteiger partial charge in [0.15, 0.2) is 0 Å². The van der Waals surface area contributed by atoms with Gasteiger partial charge < -0.3 is 5.32 Å². The zero-order valence-electron chi connectivity index (χ0n) is 10.1. The van der Waals surface area contributed by atoms with E-state index in [-0.39, 0.29) is 0 Å². The van der Waals surface area contributed by atoms with Gasteiger partial charge in [0.25, 0.3) is 0 Å². The van der Waals surface area contributed by atoms with Crippen LogP contribution in [0.25, 0.3) is 0 Å². The van der Waals surface area contributed by atoms with Gasteiger partial charge >= 0.3 is 0 Å². The van der Waals surface area contributed by atoms with Crippen molar-refractivity contribution in [3.63, 3.8) is 0 Å². The lowest BCUT2D eigenvalue weighted by Gasteiger charge is -2.03. The minimum Gasteiger partial charge on any atom is -0.316 e. The van der Waals surface area contributed by atoms with Crippen molar-refractivity contribution in [2.24, 2.45) is 0 Å². The van der Waals surface area contributed by atoms with Gasteiger partial charge in [0, 0.05) is 12.7 Å². The maximum absolute atomic E-state index is 4.41. The highest BCUT2D eigenvalue weighted by molar-refractivity contribution is 7.99. The molecule has 6 nitrogen and oxygen atoms in total. The maximum Gasteiger partial charge on any atom is 0.215 e. The van der Waals surface area contributed by atoms with Crippen molar-refractivity contribution in [1.29, 1.82) is 0 Å². The normalized spacial score (nSPS) is 14.9. The second-order valence-electron chi connectivity index (χ2n) is 4.27. The summed E-state index contributed by atoms with van der Waals surface area (Å²) in [5, 5.41) is 16.6. The van der Waals surface area contributed by atoms with Gasteiger partial charge in [-0.05, 0) is 53.7 Å². The molecule has 18 heavy (non-hydrogen) atoms. The molecule has 0 amide bonds. The standard InChI is InChI=1S/C11H14N6S/c1-12-6-8-2-5-10(13-7-8)18-11-14-15-16-17(11)9-3-4-9/h2,5,7,9,12H,3-4,6H2,1H3. The molecule has 1 fully saturated rings. The second kappa shape index (κ2) is 5.03. The monoisotopic (exact) mass is 262 g/mol. The predicted molar refractivity (Wildman–Crippen MR) is 67.2 cm³/mol. The van der Waals surface area contributed by atoms with E-state index < -0.39 is 0 Å². The van der Waals surface area contributed by atoms with E-state index in [9.17, 15) is 0 Å². The average Bonchev–Trinajstić information content (AvgIpc) is 3.13. The van der Waals surface area contributed by atoms with Crippen molar-refractivity contribution in [3.8, 4) is 0 Å². The van der Waals surface area contributed by atoms with Crippen molar-refractivity contribution in [2.45, 2.75) is 35.6 Å². The van der Waals surface area contributed by atoms with Gasteiger partial charge in [-0.3, -0.25) is 0 Å². The molecule has 0 atom stereocenters. The molecule has 0 aromatic carbocycles. The first-order chi connectivity index (χ1) is 8.86. The molecule has 2 aromatic rings. The van der Waals surface area contributed by atoms with Gasteiger partial charge in [-0.15, -0.1) is 5.10 Å². The van der Waals surface area contributed by atoms with Crippen LogP contribution in [0.1, 0.15) is 24.4 Å². The smallest absolute Gasteiger partial charge is 0.215 e. The fourth-order valence-electron chi connectivity index (χ4n) is 1.67. The Morgan fingerprint density at radius 3 is 3.00 bits per heavy atom. The summed E-state index contributed by atoms with van der Waals surface area (Å²) in [4.78, 5) is 4.41. The van der Waals surface area contributed by atoms with Crippen molar-refractivity contribution in [1.82, 2.24) is 30.5 Å². The summed E-state index contributed by atoms with van der Waals surface area (Å²) < 4.78 is 1.90. The molecular weight excluding hydrogens is 248 g/mol. The van der Waals surface area contributed by atoms with Gasteiger partial charge in [0.05, 0.1) is 6.04 Å². The first-order valence-electron chi connectivity index (χ1n) is 5.92. The third kappa shape index (κ3) is 2.51. The van der Waals surface area contributed by atoms with E-state index in [1.807, 2.05) is 24.0 Å². The van der Waals surface area contributed by atoms with Crippen LogP contribution < -0.4 is 5.32 Å². The molecule has 2 aromatic heterocycles. The van der Waals surface area contributed by atoms with Gasteiger partial charge in [0.2, 0.25) is 5.16 Å². The molecule has 0 radical (unpaired) electrons. The molecular formula is C11H14N6S. The van der Waals surface area contributed by atoms with Crippen LogP contribution in [0.5, 0.6) is 0 Å². The Kier molecular flexibility index (Phi) is 3.24. The predicted octanol–water partition coefficient (Wildman–Crippen LogP) is 1.27. The van der Waals surface area contributed by atoms with Crippen LogP contribution in [0.2, 0.25) is 0 Å². The van der Waals surface area contributed by atoms with E-state index in [1.165, 1.54) is 30.2 Å². The third-order valence-electron chi connectivity index (χ3n) is 2.73. The first kappa shape index (κ1) is 11.6. The highest BCUT2D eigenvalue weighted by atomic mass is 32.2. The molecule has 1 aliphatic rings. The molecule has 0 spiro atoms. The molecule has 7 heteroatoms. The average molecular weight is 262 g/mol. The number of aromatic nitrogens is 5. The molecule has 0 unspecified atom stereocenters. The number of hydrogen-bond donors (Lipinski definition) is 1. The van der Waals surface area contributed by atoms with E-state index in [2.05, 4.69) is 31.9 Å². The summed E-state index contributed by atoms with van der Waals surface area (Å²) in [6.07, 6.45) is 4.23. The summed E-state index contributed by atoms with van der Waals surface area (Å²) >= 11 is 1.51. The molecule has 0 bridgehead atoms. The first-order valence-corrected chi connectivity index (χ1v) is 6.73. The molecule has 0 aliphatic heterocycles. The molecule has 2 heterocycles. The number of nitrogens with zero attached hydrogens (tertiary/aromatic N) is 5. The summed E-state index contributed by atoms with van der Waals surface area (Å²) in [5.41, 5.74) is 1.17. The Morgan fingerprint density at radius 1 is 1.44 bits per heavy atom. The Balaban J connectivity index is 1.73. The van der Waals surface area contributed by atoms with Gasteiger partial charge in [-0.2, -0.15) is 0 Å². The maximum atomic E-state index is 4.41. The molecule has 94 valence electrons. The fraction of sp³-hybridized carbons (Fsp3) is 0.455. The molecule has 1 saturated carbocycles. The van der Waals surface area contributed by atoms with Crippen LogP contribution in [0.4, 0.5) is 0 Å². The lowest BCUT2D eigenvalue weighted by Crippen LogP contribution is -2.05. The minimum atomic E-state index is 0.492. The summed E-state index contributed by atoms with van der Waals surface area (Å²) in [6, 6.07) is 4.56. The van der Waals surface area contributed by atoms with E-state index in [0.29, 0.717) is 6.04 Å². The highest BCUT2D eigenvalue weighted by Crippen LogP contribution is 2.37. The highest BCUT2D eigenvalue weighted by Gasteiger charge is 2.28. The van der Waals surface area contributed by atoms with Gasteiger partial charge in [-0.25, -0.2) is 9.67 Å². The van der Waals surface area contributed by atoms with Gasteiger partial charge in [0.1, 0.15) is 5.03 Å². The summed E-state index contributed by atoms with van der Waals surface area (Å²) in [5.74, 6) is 0. The number of hydrogen-bond acceptors (Lipinski definition) is 6. The number of rotatable bonds is 5. The topological polar surface area (TPSA) is 68.5 Å². The molecule has 1 N–H and O–H groups in total.